The van der Waals surface area contributed by atoms with E-state index >= 15 is 0 Å². The van der Waals surface area contributed by atoms with Crippen LogP contribution >= 0.6 is 0 Å². The van der Waals surface area contributed by atoms with Crippen LogP contribution in [0.1, 0.15) is 20.7 Å². The summed E-state index contributed by atoms with van der Waals surface area (Å²) in [6.07, 6.45) is 0. The lowest BCUT2D eigenvalue weighted by Crippen LogP contribution is -2.11. The lowest BCUT2D eigenvalue weighted by atomic mass is 10.00. The van der Waals surface area contributed by atoms with E-state index in [1.807, 2.05) is 0 Å². The van der Waals surface area contributed by atoms with Crippen molar-refractivity contribution in [2.75, 3.05) is 0 Å². The van der Waals surface area contributed by atoms with Gasteiger partial charge in [0, 0.05) is 5.56 Å². The lowest BCUT2D eigenvalue weighted by Gasteiger charge is -2.05. The molecule has 2 aromatic rings. The number of benzene rings is 2. The standard InChI is InChI=1S/C12H9NO3/c13-11(14)9-5-1-4-8-7(9)3-2-6-10(8)12(15)16/h1-6H,(H2,13,14)(H,15,16). The highest BCUT2D eigenvalue weighted by Crippen LogP contribution is 2.22. The van der Waals surface area contributed by atoms with Gasteiger partial charge in [-0.3, -0.25) is 4.79 Å². The first-order chi connectivity index (χ1) is 7.61. The Balaban J connectivity index is 2.86. The van der Waals surface area contributed by atoms with Gasteiger partial charge in [0.25, 0.3) is 0 Å². The quantitative estimate of drug-likeness (QED) is 0.799. The van der Waals surface area contributed by atoms with E-state index in [0.717, 1.165) is 0 Å². The number of amides is 1. The predicted octanol–water partition coefficient (Wildman–Crippen LogP) is 1.64. The Labute approximate surface area is 91.3 Å². The smallest absolute Gasteiger partial charge is 0.336 e. The van der Waals surface area contributed by atoms with Gasteiger partial charge in [0.15, 0.2) is 0 Å². The second kappa shape index (κ2) is 3.66. The van der Waals surface area contributed by atoms with Crippen LogP contribution in [0.2, 0.25) is 0 Å². The van der Waals surface area contributed by atoms with Gasteiger partial charge in [-0.2, -0.15) is 0 Å². The molecule has 0 radical (unpaired) electrons. The Morgan fingerprint density at radius 1 is 0.938 bits per heavy atom. The average Bonchev–Trinajstić information content (AvgIpc) is 2.27. The Bertz CT molecular complexity index is 537. The zero-order valence-corrected chi connectivity index (χ0v) is 8.31. The minimum Gasteiger partial charge on any atom is -0.478 e. The van der Waals surface area contributed by atoms with Crippen molar-refractivity contribution < 1.29 is 14.7 Å². The Hall–Kier alpha value is -2.36. The summed E-state index contributed by atoms with van der Waals surface area (Å²) in [5, 5.41) is 10.1. The number of nitrogens with two attached hydrogens (primary N) is 1. The Morgan fingerprint density at radius 3 is 1.94 bits per heavy atom. The fraction of sp³-hybridized carbons (Fsp3) is 0. The molecule has 3 N–H and O–H groups in total. The van der Waals surface area contributed by atoms with Crippen molar-refractivity contribution in [2.45, 2.75) is 0 Å². The van der Waals surface area contributed by atoms with Crippen molar-refractivity contribution in [2.24, 2.45) is 5.73 Å². The van der Waals surface area contributed by atoms with Gasteiger partial charge in [-0.25, -0.2) is 4.79 Å². The zero-order chi connectivity index (χ0) is 11.7. The molecule has 0 aliphatic rings. The molecule has 0 atom stereocenters. The molecule has 4 nitrogen and oxygen atoms in total. The fourth-order valence-corrected chi connectivity index (χ4v) is 1.71. The van der Waals surface area contributed by atoms with E-state index in [1.165, 1.54) is 6.07 Å². The molecule has 0 unspecified atom stereocenters. The first-order valence-corrected chi connectivity index (χ1v) is 4.66. The molecule has 0 saturated heterocycles. The van der Waals surface area contributed by atoms with E-state index in [-0.39, 0.29) is 5.56 Å². The summed E-state index contributed by atoms with van der Waals surface area (Å²) in [5.41, 5.74) is 5.72. The summed E-state index contributed by atoms with van der Waals surface area (Å²) in [5.74, 6) is -1.58. The van der Waals surface area contributed by atoms with E-state index in [9.17, 15) is 9.59 Å². The van der Waals surface area contributed by atoms with Crippen LogP contribution in [0.5, 0.6) is 0 Å². The fourth-order valence-electron chi connectivity index (χ4n) is 1.71. The van der Waals surface area contributed by atoms with Crippen molar-refractivity contribution in [3.8, 4) is 0 Å². The summed E-state index contributed by atoms with van der Waals surface area (Å²) in [6.45, 7) is 0. The number of carbonyl (C=O) groups is 2. The van der Waals surface area contributed by atoms with Crippen molar-refractivity contribution in [3.63, 3.8) is 0 Å². The van der Waals surface area contributed by atoms with Crippen molar-refractivity contribution in [1.29, 1.82) is 0 Å². The van der Waals surface area contributed by atoms with Crippen LogP contribution in [0.25, 0.3) is 10.8 Å². The molecular formula is C12H9NO3. The van der Waals surface area contributed by atoms with Gasteiger partial charge >= 0.3 is 5.97 Å². The molecule has 0 spiro atoms. The van der Waals surface area contributed by atoms with Gasteiger partial charge < -0.3 is 10.8 Å². The topological polar surface area (TPSA) is 80.4 Å². The van der Waals surface area contributed by atoms with Crippen molar-refractivity contribution in [1.82, 2.24) is 0 Å². The van der Waals surface area contributed by atoms with Gasteiger partial charge in [-0.05, 0) is 22.9 Å². The summed E-state index contributed by atoms with van der Waals surface area (Å²) in [4.78, 5) is 22.2. The third kappa shape index (κ3) is 1.50. The molecule has 0 aliphatic heterocycles. The summed E-state index contributed by atoms with van der Waals surface area (Å²) >= 11 is 0. The zero-order valence-electron chi connectivity index (χ0n) is 8.31. The third-order valence-electron chi connectivity index (χ3n) is 2.42. The number of hydrogen-bond acceptors (Lipinski definition) is 2. The molecule has 4 heteroatoms. The predicted molar refractivity (Wildman–Crippen MR) is 59.4 cm³/mol. The second-order valence-electron chi connectivity index (χ2n) is 3.38. The number of hydrogen-bond donors (Lipinski definition) is 2. The minimum absolute atomic E-state index is 0.167. The normalized spacial score (nSPS) is 10.2. The molecule has 2 aromatic carbocycles. The van der Waals surface area contributed by atoms with Gasteiger partial charge in [0.2, 0.25) is 5.91 Å². The van der Waals surface area contributed by atoms with Crippen LogP contribution in [0.15, 0.2) is 36.4 Å². The van der Waals surface area contributed by atoms with Crippen LogP contribution in [0.4, 0.5) is 0 Å². The van der Waals surface area contributed by atoms with Gasteiger partial charge in [0.05, 0.1) is 5.56 Å². The number of carboxylic acids is 1. The van der Waals surface area contributed by atoms with E-state index in [0.29, 0.717) is 16.3 Å². The van der Waals surface area contributed by atoms with Crippen LogP contribution < -0.4 is 5.73 Å². The highest BCUT2D eigenvalue weighted by Gasteiger charge is 2.11. The summed E-state index contributed by atoms with van der Waals surface area (Å²) < 4.78 is 0. The molecule has 0 heterocycles. The first-order valence-electron chi connectivity index (χ1n) is 4.66. The van der Waals surface area contributed by atoms with E-state index < -0.39 is 11.9 Å². The Kier molecular flexibility index (Phi) is 2.32. The molecule has 1 amide bonds. The maximum absolute atomic E-state index is 11.2. The number of carboxylic acid groups (broad SMARTS) is 1. The van der Waals surface area contributed by atoms with E-state index in [4.69, 9.17) is 10.8 Å². The molecule has 16 heavy (non-hydrogen) atoms. The molecule has 2 rings (SSSR count). The number of fused-ring (bicyclic) bond motifs is 1. The number of rotatable bonds is 2. The van der Waals surface area contributed by atoms with Gasteiger partial charge in [0.1, 0.15) is 0 Å². The largest absolute Gasteiger partial charge is 0.478 e. The SMILES string of the molecule is NC(=O)c1cccc2c(C(=O)O)cccc12. The van der Waals surface area contributed by atoms with Gasteiger partial charge in [-0.15, -0.1) is 0 Å². The Morgan fingerprint density at radius 2 is 1.44 bits per heavy atom. The van der Waals surface area contributed by atoms with Crippen LogP contribution in [0.3, 0.4) is 0 Å². The maximum atomic E-state index is 11.2. The van der Waals surface area contributed by atoms with Crippen molar-refractivity contribution in [3.05, 3.63) is 47.5 Å². The minimum atomic E-state index is -1.02. The monoisotopic (exact) mass is 215 g/mol. The summed E-state index contributed by atoms with van der Waals surface area (Å²) in [7, 11) is 0. The molecule has 0 saturated carbocycles. The molecule has 0 bridgehead atoms. The number of carbonyl (C=O) groups excluding carboxylic acids is 1. The van der Waals surface area contributed by atoms with E-state index in [1.54, 1.807) is 30.3 Å². The molecule has 80 valence electrons. The molecular weight excluding hydrogens is 206 g/mol. The third-order valence-corrected chi connectivity index (χ3v) is 2.42. The average molecular weight is 215 g/mol. The molecule has 0 aromatic heterocycles. The lowest BCUT2D eigenvalue weighted by molar-refractivity contribution is 0.0698. The molecule has 0 aliphatic carbocycles. The second-order valence-corrected chi connectivity index (χ2v) is 3.38. The van der Waals surface area contributed by atoms with Crippen LogP contribution in [-0.4, -0.2) is 17.0 Å². The first kappa shape index (κ1) is 10.2. The summed E-state index contributed by atoms with van der Waals surface area (Å²) in [6, 6.07) is 9.63. The highest BCUT2D eigenvalue weighted by atomic mass is 16.4. The number of aromatic carboxylic acids is 1. The van der Waals surface area contributed by atoms with Gasteiger partial charge in [-0.1, -0.05) is 24.3 Å². The van der Waals surface area contributed by atoms with Crippen molar-refractivity contribution >= 4 is 22.6 Å². The maximum Gasteiger partial charge on any atom is 0.336 e. The highest BCUT2D eigenvalue weighted by molar-refractivity contribution is 6.11. The molecule has 0 fully saturated rings. The van der Waals surface area contributed by atoms with E-state index in [2.05, 4.69) is 0 Å². The number of primary amides is 1. The van der Waals surface area contributed by atoms with Crippen LogP contribution in [0, 0.1) is 0 Å². The van der Waals surface area contributed by atoms with Crippen LogP contribution in [-0.2, 0) is 0 Å².